The lowest BCUT2D eigenvalue weighted by atomic mass is 10.0. The van der Waals surface area contributed by atoms with Crippen LogP contribution in [0.25, 0.3) is 20.2 Å². The summed E-state index contributed by atoms with van der Waals surface area (Å²) >= 11 is 1.90. The SMILES string of the molecule is CN(C)C1CCN(Cc2ccc3sc4ccccc4c3c2)CC1. The minimum absolute atomic E-state index is 0.759. The predicted molar refractivity (Wildman–Crippen MR) is 101 cm³/mol. The molecule has 0 saturated carbocycles. The molecule has 120 valence electrons. The topological polar surface area (TPSA) is 6.48 Å². The van der Waals surface area contributed by atoms with Gasteiger partial charge in [-0.15, -0.1) is 11.3 Å². The maximum Gasteiger partial charge on any atom is 0.0355 e. The lowest BCUT2D eigenvalue weighted by Crippen LogP contribution is -2.41. The number of piperidine rings is 1. The average molecular weight is 324 g/mol. The molecular weight excluding hydrogens is 300 g/mol. The molecule has 4 rings (SSSR count). The summed E-state index contributed by atoms with van der Waals surface area (Å²) in [7, 11) is 4.41. The van der Waals surface area contributed by atoms with Crippen molar-refractivity contribution >= 4 is 31.5 Å². The maximum atomic E-state index is 2.61. The van der Waals surface area contributed by atoms with E-state index in [1.807, 2.05) is 11.3 Å². The Bertz CT molecular complexity index is 813. The van der Waals surface area contributed by atoms with Crippen LogP contribution in [-0.4, -0.2) is 43.0 Å². The van der Waals surface area contributed by atoms with E-state index < -0.39 is 0 Å². The van der Waals surface area contributed by atoms with Crippen LogP contribution < -0.4 is 0 Å². The van der Waals surface area contributed by atoms with Crippen molar-refractivity contribution in [2.45, 2.75) is 25.4 Å². The zero-order valence-corrected chi connectivity index (χ0v) is 14.8. The number of rotatable bonds is 3. The van der Waals surface area contributed by atoms with E-state index in [4.69, 9.17) is 0 Å². The molecular formula is C20H24N2S. The lowest BCUT2D eigenvalue weighted by molar-refractivity contribution is 0.140. The van der Waals surface area contributed by atoms with Gasteiger partial charge < -0.3 is 4.90 Å². The molecule has 1 aliphatic heterocycles. The van der Waals surface area contributed by atoms with Crippen LogP contribution in [0.4, 0.5) is 0 Å². The molecule has 1 saturated heterocycles. The summed E-state index contributed by atoms with van der Waals surface area (Å²) in [6.45, 7) is 3.51. The van der Waals surface area contributed by atoms with Crippen molar-refractivity contribution in [3.8, 4) is 0 Å². The van der Waals surface area contributed by atoms with E-state index in [0.717, 1.165) is 12.6 Å². The number of benzene rings is 2. The standard InChI is InChI=1S/C20H24N2S/c1-21(2)16-9-11-22(12-10-16)14-15-7-8-20-18(13-15)17-5-3-4-6-19(17)23-20/h3-8,13,16H,9-12,14H2,1-2H3. The van der Waals surface area contributed by atoms with Crippen molar-refractivity contribution in [3.05, 3.63) is 48.0 Å². The highest BCUT2D eigenvalue weighted by Crippen LogP contribution is 2.34. The lowest BCUT2D eigenvalue weighted by Gasteiger charge is -2.35. The number of likely N-dealkylation sites (tertiary alicyclic amines) is 1. The van der Waals surface area contributed by atoms with Gasteiger partial charge in [0.05, 0.1) is 0 Å². The van der Waals surface area contributed by atoms with Gasteiger partial charge in [0.15, 0.2) is 0 Å². The number of hydrogen-bond acceptors (Lipinski definition) is 3. The summed E-state index contributed by atoms with van der Waals surface area (Å²) in [6, 6.07) is 16.5. The van der Waals surface area contributed by atoms with E-state index in [1.54, 1.807) is 0 Å². The van der Waals surface area contributed by atoms with Crippen molar-refractivity contribution in [3.63, 3.8) is 0 Å². The highest BCUT2D eigenvalue weighted by molar-refractivity contribution is 7.25. The summed E-state index contributed by atoms with van der Waals surface area (Å²) in [5, 5.41) is 2.83. The molecule has 2 heterocycles. The second-order valence-electron chi connectivity index (χ2n) is 6.90. The fourth-order valence-electron chi connectivity index (χ4n) is 3.72. The molecule has 0 spiro atoms. The van der Waals surface area contributed by atoms with E-state index in [0.29, 0.717) is 0 Å². The summed E-state index contributed by atoms with van der Waals surface area (Å²) in [5.74, 6) is 0. The van der Waals surface area contributed by atoms with Gasteiger partial charge in [0.25, 0.3) is 0 Å². The molecule has 1 fully saturated rings. The van der Waals surface area contributed by atoms with Crippen LogP contribution in [0.5, 0.6) is 0 Å². The minimum atomic E-state index is 0.759. The monoisotopic (exact) mass is 324 g/mol. The molecule has 3 aromatic rings. The van der Waals surface area contributed by atoms with Gasteiger partial charge in [0.1, 0.15) is 0 Å². The Morgan fingerprint density at radius 2 is 1.74 bits per heavy atom. The van der Waals surface area contributed by atoms with Crippen LogP contribution in [0.2, 0.25) is 0 Å². The zero-order chi connectivity index (χ0) is 15.8. The Labute approximate surface area is 142 Å². The molecule has 1 aliphatic rings. The molecule has 23 heavy (non-hydrogen) atoms. The highest BCUT2D eigenvalue weighted by atomic mass is 32.1. The van der Waals surface area contributed by atoms with Gasteiger partial charge in [0, 0.05) is 32.8 Å². The van der Waals surface area contributed by atoms with E-state index in [2.05, 4.69) is 66.4 Å². The number of hydrogen-bond donors (Lipinski definition) is 0. The molecule has 0 amide bonds. The van der Waals surface area contributed by atoms with Gasteiger partial charge >= 0.3 is 0 Å². The Morgan fingerprint density at radius 3 is 2.52 bits per heavy atom. The first-order valence-corrected chi connectivity index (χ1v) is 9.31. The molecule has 3 heteroatoms. The van der Waals surface area contributed by atoms with E-state index in [9.17, 15) is 0 Å². The smallest absolute Gasteiger partial charge is 0.0355 e. The molecule has 0 unspecified atom stereocenters. The van der Waals surface area contributed by atoms with Crippen molar-refractivity contribution in [1.82, 2.24) is 9.80 Å². The Balaban J connectivity index is 1.54. The second-order valence-corrected chi connectivity index (χ2v) is 7.98. The minimum Gasteiger partial charge on any atom is -0.306 e. The molecule has 0 N–H and O–H groups in total. The molecule has 2 nitrogen and oxygen atoms in total. The van der Waals surface area contributed by atoms with Gasteiger partial charge in [-0.2, -0.15) is 0 Å². The third-order valence-electron chi connectivity index (χ3n) is 5.13. The van der Waals surface area contributed by atoms with Crippen molar-refractivity contribution < 1.29 is 0 Å². The van der Waals surface area contributed by atoms with Crippen molar-refractivity contribution in [1.29, 1.82) is 0 Å². The quantitative estimate of drug-likeness (QED) is 0.696. The summed E-state index contributed by atoms with van der Waals surface area (Å²) < 4.78 is 2.80. The number of nitrogens with zero attached hydrogens (tertiary/aromatic N) is 2. The molecule has 1 aromatic heterocycles. The largest absolute Gasteiger partial charge is 0.306 e. The normalized spacial score (nSPS) is 17.5. The third kappa shape index (κ3) is 3.01. The second kappa shape index (κ2) is 6.23. The van der Waals surface area contributed by atoms with Crippen LogP contribution in [0.3, 0.4) is 0 Å². The number of thiophene rings is 1. The van der Waals surface area contributed by atoms with Gasteiger partial charge in [-0.1, -0.05) is 24.3 Å². The van der Waals surface area contributed by atoms with Crippen LogP contribution >= 0.6 is 11.3 Å². The summed E-state index contributed by atoms with van der Waals surface area (Å²) in [5.41, 5.74) is 1.45. The Kier molecular flexibility index (Phi) is 4.10. The molecule has 0 atom stereocenters. The highest BCUT2D eigenvalue weighted by Gasteiger charge is 2.20. The first-order chi connectivity index (χ1) is 11.2. The zero-order valence-electron chi connectivity index (χ0n) is 14.0. The van der Waals surface area contributed by atoms with Gasteiger partial charge in [-0.25, -0.2) is 0 Å². The van der Waals surface area contributed by atoms with E-state index in [-0.39, 0.29) is 0 Å². The Morgan fingerprint density at radius 1 is 1.00 bits per heavy atom. The molecule has 0 radical (unpaired) electrons. The van der Waals surface area contributed by atoms with Gasteiger partial charge in [-0.05, 0) is 63.8 Å². The van der Waals surface area contributed by atoms with E-state index in [1.165, 1.54) is 51.7 Å². The fourth-order valence-corrected chi connectivity index (χ4v) is 4.81. The average Bonchev–Trinajstić information content (AvgIpc) is 2.93. The van der Waals surface area contributed by atoms with Crippen LogP contribution in [0.15, 0.2) is 42.5 Å². The Hall–Kier alpha value is -1.42. The number of fused-ring (bicyclic) bond motifs is 3. The van der Waals surface area contributed by atoms with Crippen LogP contribution in [0, 0.1) is 0 Å². The maximum absolute atomic E-state index is 2.61. The predicted octanol–water partition coefficient (Wildman–Crippen LogP) is 4.58. The summed E-state index contributed by atoms with van der Waals surface area (Å²) in [4.78, 5) is 4.98. The molecule has 0 aliphatic carbocycles. The van der Waals surface area contributed by atoms with E-state index >= 15 is 0 Å². The first-order valence-electron chi connectivity index (χ1n) is 8.49. The molecule has 0 bridgehead atoms. The van der Waals surface area contributed by atoms with Crippen LogP contribution in [-0.2, 0) is 6.54 Å². The van der Waals surface area contributed by atoms with Crippen molar-refractivity contribution in [2.75, 3.05) is 27.2 Å². The summed E-state index contributed by atoms with van der Waals surface area (Å²) in [6.07, 6.45) is 2.58. The van der Waals surface area contributed by atoms with Crippen molar-refractivity contribution in [2.24, 2.45) is 0 Å². The molecule has 2 aromatic carbocycles. The third-order valence-corrected chi connectivity index (χ3v) is 6.29. The fraction of sp³-hybridized carbons (Fsp3) is 0.400. The van der Waals surface area contributed by atoms with Crippen LogP contribution in [0.1, 0.15) is 18.4 Å². The first kappa shape index (κ1) is 15.1. The van der Waals surface area contributed by atoms with Gasteiger partial charge in [0.2, 0.25) is 0 Å². The van der Waals surface area contributed by atoms with Gasteiger partial charge in [-0.3, -0.25) is 4.90 Å².